The number of rotatable bonds is 3. The number of carbonyl (C=O) groups excluding carboxylic acids is 2. The highest BCUT2D eigenvalue weighted by atomic mass is 32.2. The van der Waals surface area contributed by atoms with Gasteiger partial charge in [-0.15, -0.1) is 11.8 Å². The normalized spacial score (nSPS) is 32.5. The Bertz CT molecular complexity index is 1430. The largest absolute Gasteiger partial charge is 0.504 e. The molecule has 3 heterocycles. The molecule has 2 aliphatic carbocycles. The zero-order chi connectivity index (χ0) is 24.0. The Balaban J connectivity index is 1.34. The number of hydrogen-bond donors (Lipinski definition) is 2. The number of phenolic OH excluding ortho intramolecular Hbond substituents is 1. The molecule has 2 amide bonds. The number of nitrogens with zero attached hydrogens (tertiary/aromatic N) is 1. The molecule has 2 aliphatic heterocycles. The van der Waals surface area contributed by atoms with Crippen molar-refractivity contribution in [3.63, 3.8) is 0 Å². The number of thiazole rings is 1. The first-order valence-electron chi connectivity index (χ1n) is 11.7. The number of hydrogen-bond acceptors (Lipinski definition) is 7. The molecule has 35 heavy (non-hydrogen) atoms. The maximum absolute atomic E-state index is 13.7. The van der Waals surface area contributed by atoms with Gasteiger partial charge >= 0.3 is 4.87 Å². The number of imide groups is 1. The van der Waals surface area contributed by atoms with Crippen LogP contribution in [0.2, 0.25) is 0 Å². The molecule has 9 heteroatoms. The van der Waals surface area contributed by atoms with Gasteiger partial charge in [-0.3, -0.25) is 19.3 Å². The third-order valence-corrected chi connectivity index (χ3v) is 10.9. The van der Waals surface area contributed by atoms with Gasteiger partial charge in [0, 0.05) is 16.0 Å². The van der Waals surface area contributed by atoms with E-state index in [1.807, 2.05) is 42.5 Å². The lowest BCUT2D eigenvalue weighted by Gasteiger charge is -2.43. The third kappa shape index (κ3) is 2.82. The zero-order valence-corrected chi connectivity index (χ0v) is 20.3. The minimum absolute atomic E-state index is 0.0443. The molecule has 3 fully saturated rings. The number of phenols is 1. The van der Waals surface area contributed by atoms with E-state index in [9.17, 15) is 19.5 Å². The van der Waals surface area contributed by atoms with Gasteiger partial charge in [0.25, 0.3) is 0 Å². The van der Waals surface area contributed by atoms with E-state index >= 15 is 0 Å². The van der Waals surface area contributed by atoms with E-state index in [1.54, 1.807) is 17.8 Å². The summed E-state index contributed by atoms with van der Waals surface area (Å²) < 4.78 is 5.38. The molecule has 7 rings (SSSR count). The maximum atomic E-state index is 13.7. The number of anilines is 1. The number of thioether (sulfide) groups is 1. The van der Waals surface area contributed by atoms with Gasteiger partial charge in [-0.2, -0.15) is 0 Å². The lowest BCUT2D eigenvalue weighted by atomic mass is 9.68. The minimum Gasteiger partial charge on any atom is -0.504 e. The Kier molecular flexibility index (Phi) is 4.54. The second-order valence-corrected chi connectivity index (χ2v) is 11.9. The monoisotopic (exact) mass is 506 g/mol. The fraction of sp³-hybridized carbons (Fsp3) is 0.346. The number of aromatic nitrogens is 1. The van der Waals surface area contributed by atoms with Crippen LogP contribution in [-0.2, 0) is 9.59 Å². The molecular weight excluding hydrogens is 484 g/mol. The molecule has 2 saturated carbocycles. The van der Waals surface area contributed by atoms with Crippen LogP contribution in [0.4, 0.5) is 5.69 Å². The molecule has 2 aromatic carbocycles. The average Bonchev–Trinajstić information content (AvgIpc) is 3.59. The molecule has 0 spiro atoms. The minimum atomic E-state index is -0.340. The molecule has 4 aliphatic rings. The second kappa shape index (κ2) is 7.48. The van der Waals surface area contributed by atoms with Crippen LogP contribution in [0.15, 0.2) is 58.4 Å². The van der Waals surface area contributed by atoms with Crippen LogP contribution in [0.25, 0.3) is 0 Å². The van der Waals surface area contributed by atoms with Gasteiger partial charge < -0.3 is 14.8 Å². The van der Waals surface area contributed by atoms with Crippen LogP contribution < -0.4 is 14.5 Å². The van der Waals surface area contributed by atoms with Crippen molar-refractivity contribution in [2.24, 2.45) is 29.6 Å². The Hall–Kier alpha value is -3.04. The van der Waals surface area contributed by atoms with Crippen molar-refractivity contribution in [2.75, 3.05) is 12.0 Å². The van der Waals surface area contributed by atoms with Crippen LogP contribution in [0.1, 0.15) is 22.8 Å². The van der Waals surface area contributed by atoms with Crippen LogP contribution in [-0.4, -0.2) is 34.3 Å². The van der Waals surface area contributed by atoms with Crippen molar-refractivity contribution in [1.82, 2.24) is 4.98 Å². The van der Waals surface area contributed by atoms with Crippen LogP contribution in [0.5, 0.6) is 11.5 Å². The summed E-state index contributed by atoms with van der Waals surface area (Å²) in [5.41, 5.74) is 1.59. The number of ether oxygens (including phenoxy) is 1. The number of aromatic amines is 1. The number of H-pyrrole nitrogens is 1. The van der Waals surface area contributed by atoms with Gasteiger partial charge in [0.1, 0.15) is 0 Å². The first-order chi connectivity index (χ1) is 17.0. The summed E-state index contributed by atoms with van der Waals surface area (Å²) in [6.07, 6.45) is 0.836. The van der Waals surface area contributed by atoms with Gasteiger partial charge in [0.05, 0.1) is 29.7 Å². The maximum Gasteiger partial charge on any atom is 0.305 e. The van der Waals surface area contributed by atoms with Gasteiger partial charge in [-0.1, -0.05) is 35.6 Å². The Labute approximate surface area is 209 Å². The van der Waals surface area contributed by atoms with Gasteiger partial charge in [0.2, 0.25) is 11.8 Å². The van der Waals surface area contributed by atoms with E-state index in [1.165, 1.54) is 23.3 Å². The molecule has 178 valence electrons. The first kappa shape index (κ1) is 21.3. The van der Waals surface area contributed by atoms with E-state index < -0.39 is 0 Å². The Morgan fingerprint density at radius 1 is 1.03 bits per heavy atom. The number of methoxy groups -OCH3 is 1. The number of para-hydroxylation sites is 1. The Morgan fingerprint density at radius 3 is 2.51 bits per heavy atom. The van der Waals surface area contributed by atoms with E-state index in [2.05, 4.69) is 4.98 Å². The molecular formula is C26H22N2O5S2. The predicted octanol–water partition coefficient (Wildman–Crippen LogP) is 3.83. The summed E-state index contributed by atoms with van der Waals surface area (Å²) in [6.45, 7) is 0. The van der Waals surface area contributed by atoms with E-state index in [0.29, 0.717) is 11.4 Å². The van der Waals surface area contributed by atoms with Crippen molar-refractivity contribution >= 4 is 40.6 Å². The van der Waals surface area contributed by atoms with Gasteiger partial charge in [-0.05, 0) is 54.0 Å². The summed E-state index contributed by atoms with van der Waals surface area (Å²) in [5.74, 6) is -0.301. The standard InChI is InChI=1S/C26H22N2O5S2/c1-33-16-9-11(7-8-15(16)29)17-18-13-10-14(21(18)34-23-22(17)35-26(32)27-23)20-19(13)24(30)28(25(20)31)12-5-3-2-4-6-12/h2-9,13-14,17-21,29H,10H2,1H3,(H,27,32)/t13-,14+,17+,18+,19+,20+,21-/m1/s1. The molecule has 1 aromatic heterocycles. The van der Waals surface area contributed by atoms with Crippen molar-refractivity contribution in [3.8, 4) is 11.5 Å². The van der Waals surface area contributed by atoms with Crippen molar-refractivity contribution in [1.29, 1.82) is 0 Å². The highest BCUT2D eigenvalue weighted by Gasteiger charge is 2.69. The topological polar surface area (TPSA) is 99.7 Å². The second-order valence-electron chi connectivity index (χ2n) is 9.74. The molecule has 0 radical (unpaired) electrons. The number of amides is 2. The highest BCUT2D eigenvalue weighted by molar-refractivity contribution is 8.00. The molecule has 7 nitrogen and oxygen atoms in total. The fourth-order valence-electron chi connectivity index (χ4n) is 7.11. The van der Waals surface area contributed by atoms with Crippen molar-refractivity contribution in [2.45, 2.75) is 22.6 Å². The quantitative estimate of drug-likeness (QED) is 0.524. The fourth-order valence-corrected chi connectivity index (χ4v) is 10.00. The van der Waals surface area contributed by atoms with Crippen LogP contribution in [0, 0.1) is 29.6 Å². The third-order valence-electron chi connectivity index (χ3n) is 8.30. The number of nitrogens with one attached hydrogen (secondary N) is 1. The van der Waals surface area contributed by atoms with E-state index in [4.69, 9.17) is 4.74 Å². The summed E-state index contributed by atoms with van der Waals surface area (Å²) in [7, 11) is 1.52. The summed E-state index contributed by atoms with van der Waals surface area (Å²) >= 11 is 2.88. The Morgan fingerprint density at radius 2 is 1.77 bits per heavy atom. The molecule has 2 N–H and O–H groups in total. The number of fused-ring (bicyclic) bond motifs is 9. The van der Waals surface area contributed by atoms with Crippen LogP contribution in [0.3, 0.4) is 0 Å². The van der Waals surface area contributed by atoms with Crippen molar-refractivity contribution < 1.29 is 19.4 Å². The average molecular weight is 507 g/mol. The molecule has 2 bridgehead atoms. The SMILES string of the molecule is COc1cc([C@@H]2c3sc(=O)[nH]c3S[C@@H]3[C@H]4C[C@@H]([C@@H]5C(=O)N(c6ccccc6)C(=O)[C@@H]45)[C@@H]23)ccc1O. The zero-order valence-electron chi connectivity index (χ0n) is 18.7. The van der Waals surface area contributed by atoms with E-state index in [-0.39, 0.29) is 63.2 Å². The first-order valence-corrected chi connectivity index (χ1v) is 13.4. The summed E-state index contributed by atoms with van der Waals surface area (Å²) in [6, 6.07) is 14.5. The molecule has 3 aromatic rings. The lowest BCUT2D eigenvalue weighted by molar-refractivity contribution is -0.123. The van der Waals surface area contributed by atoms with Gasteiger partial charge in [-0.25, -0.2) is 0 Å². The number of benzene rings is 2. The highest BCUT2D eigenvalue weighted by Crippen LogP contribution is 2.68. The molecule has 1 saturated heterocycles. The lowest BCUT2D eigenvalue weighted by Crippen LogP contribution is -2.42. The smallest absolute Gasteiger partial charge is 0.305 e. The molecule has 0 unspecified atom stereocenters. The molecule has 7 atom stereocenters. The van der Waals surface area contributed by atoms with Crippen molar-refractivity contribution in [3.05, 3.63) is 68.6 Å². The van der Waals surface area contributed by atoms with E-state index in [0.717, 1.165) is 21.9 Å². The number of carbonyl (C=O) groups is 2. The summed E-state index contributed by atoms with van der Waals surface area (Å²) in [4.78, 5) is 44.9. The summed E-state index contributed by atoms with van der Waals surface area (Å²) in [5, 5.41) is 11.2. The van der Waals surface area contributed by atoms with Crippen LogP contribution >= 0.6 is 23.1 Å². The predicted molar refractivity (Wildman–Crippen MR) is 132 cm³/mol. The number of aromatic hydroxyl groups is 1. The van der Waals surface area contributed by atoms with Gasteiger partial charge in [0.15, 0.2) is 11.5 Å².